The number of β-amino-alcohol motifs (C(OH)–C–C–N with tert-alkyl or cyclic N) is 1. The van der Waals surface area contributed by atoms with E-state index in [1.807, 2.05) is 61.5 Å². The van der Waals surface area contributed by atoms with Gasteiger partial charge in [-0.05, 0) is 60.7 Å². The third-order valence-corrected chi connectivity index (χ3v) is 5.87. The van der Waals surface area contributed by atoms with E-state index in [1.54, 1.807) is 18.0 Å². The molecular weight excluding hydrogens is 402 g/mol. The third kappa shape index (κ3) is 4.70. The largest absolute Gasteiger partial charge is 0.391 e. The van der Waals surface area contributed by atoms with Crippen molar-refractivity contribution in [2.75, 3.05) is 13.1 Å². The zero-order chi connectivity index (χ0) is 22.7. The van der Waals surface area contributed by atoms with Gasteiger partial charge in [-0.1, -0.05) is 36.4 Å². The highest BCUT2D eigenvalue weighted by Gasteiger charge is 2.28. The van der Waals surface area contributed by atoms with Gasteiger partial charge >= 0.3 is 0 Å². The van der Waals surface area contributed by atoms with Crippen molar-refractivity contribution in [2.24, 2.45) is 0 Å². The number of rotatable bonds is 5. The Labute approximate surface area is 187 Å². The number of pyridine rings is 1. The van der Waals surface area contributed by atoms with Gasteiger partial charge < -0.3 is 15.3 Å². The van der Waals surface area contributed by atoms with Crippen LogP contribution in [0, 0.1) is 13.8 Å². The summed E-state index contributed by atoms with van der Waals surface area (Å²) in [7, 11) is 0. The lowest BCUT2D eigenvalue weighted by Crippen LogP contribution is -2.31. The molecule has 2 aromatic carbocycles. The number of aromatic nitrogens is 1. The van der Waals surface area contributed by atoms with E-state index in [0.29, 0.717) is 42.7 Å². The quantitative estimate of drug-likeness (QED) is 0.650. The molecule has 1 saturated heterocycles. The number of carbonyl (C=O) groups excluding carboxylic acids is 2. The van der Waals surface area contributed by atoms with Crippen LogP contribution in [0.5, 0.6) is 0 Å². The first kappa shape index (κ1) is 21.7. The number of aryl methyl sites for hydroxylation is 1. The van der Waals surface area contributed by atoms with Gasteiger partial charge in [0.25, 0.3) is 11.8 Å². The molecule has 6 heteroatoms. The van der Waals surface area contributed by atoms with Gasteiger partial charge in [0.05, 0.1) is 6.10 Å². The van der Waals surface area contributed by atoms with Crippen molar-refractivity contribution >= 4 is 11.8 Å². The van der Waals surface area contributed by atoms with E-state index in [0.717, 1.165) is 22.4 Å². The molecule has 0 radical (unpaired) electrons. The van der Waals surface area contributed by atoms with Gasteiger partial charge in [-0.3, -0.25) is 14.6 Å². The van der Waals surface area contributed by atoms with Crippen molar-refractivity contribution in [3.63, 3.8) is 0 Å². The summed E-state index contributed by atoms with van der Waals surface area (Å²) in [5.41, 5.74) is 5.15. The van der Waals surface area contributed by atoms with Gasteiger partial charge in [0.2, 0.25) is 0 Å². The van der Waals surface area contributed by atoms with Crippen molar-refractivity contribution < 1.29 is 14.7 Å². The molecule has 2 N–H and O–H groups in total. The fourth-order valence-electron chi connectivity index (χ4n) is 3.95. The van der Waals surface area contributed by atoms with E-state index in [-0.39, 0.29) is 11.8 Å². The number of benzene rings is 2. The molecule has 32 heavy (non-hydrogen) atoms. The van der Waals surface area contributed by atoms with Crippen LogP contribution in [0.2, 0.25) is 0 Å². The summed E-state index contributed by atoms with van der Waals surface area (Å²) in [4.78, 5) is 32.3. The molecule has 0 spiro atoms. The number of likely N-dealkylation sites (tertiary alicyclic amines) is 1. The van der Waals surface area contributed by atoms with Gasteiger partial charge in [-0.25, -0.2) is 0 Å². The maximum absolute atomic E-state index is 13.3. The molecule has 2 amide bonds. The van der Waals surface area contributed by atoms with Crippen LogP contribution in [0.4, 0.5) is 0 Å². The second-order valence-corrected chi connectivity index (χ2v) is 8.25. The van der Waals surface area contributed by atoms with Crippen molar-refractivity contribution in [3.8, 4) is 11.1 Å². The minimum absolute atomic E-state index is 0.159. The number of aliphatic hydroxyl groups excluding tert-OH is 1. The Hall–Kier alpha value is -3.51. The Balaban J connectivity index is 1.67. The van der Waals surface area contributed by atoms with E-state index in [2.05, 4.69) is 10.3 Å². The molecule has 6 nitrogen and oxygen atoms in total. The molecule has 1 fully saturated rings. The topological polar surface area (TPSA) is 82.5 Å². The number of amides is 2. The molecule has 4 rings (SSSR count). The van der Waals surface area contributed by atoms with Crippen LogP contribution >= 0.6 is 0 Å². The van der Waals surface area contributed by atoms with Crippen molar-refractivity contribution in [1.29, 1.82) is 0 Å². The van der Waals surface area contributed by atoms with Gasteiger partial charge in [0, 0.05) is 42.7 Å². The number of carbonyl (C=O) groups is 2. The van der Waals surface area contributed by atoms with Crippen molar-refractivity contribution in [2.45, 2.75) is 32.9 Å². The first-order valence-corrected chi connectivity index (χ1v) is 10.8. The van der Waals surface area contributed by atoms with E-state index in [4.69, 9.17) is 0 Å². The summed E-state index contributed by atoms with van der Waals surface area (Å²) in [6.45, 7) is 4.89. The van der Waals surface area contributed by atoms with Gasteiger partial charge in [-0.15, -0.1) is 0 Å². The zero-order valence-corrected chi connectivity index (χ0v) is 18.3. The smallest absolute Gasteiger partial charge is 0.254 e. The third-order valence-electron chi connectivity index (χ3n) is 5.87. The number of aliphatic hydroxyl groups is 1. The Morgan fingerprint density at radius 1 is 1.06 bits per heavy atom. The average Bonchev–Trinajstić information content (AvgIpc) is 3.25. The summed E-state index contributed by atoms with van der Waals surface area (Å²) in [5, 5.41) is 12.8. The van der Waals surface area contributed by atoms with E-state index in [1.165, 1.54) is 0 Å². The first-order valence-electron chi connectivity index (χ1n) is 10.8. The second-order valence-electron chi connectivity index (χ2n) is 8.25. The SMILES string of the molecule is Cc1ccc(CNC(=O)c2cc(-c3ccccc3)cc(C(=O)N3CC[C@@H](O)C3)c2C)cn1. The lowest BCUT2D eigenvalue weighted by Gasteiger charge is -2.20. The van der Waals surface area contributed by atoms with Crippen LogP contribution < -0.4 is 5.32 Å². The fraction of sp³-hybridized carbons (Fsp3) is 0.269. The summed E-state index contributed by atoms with van der Waals surface area (Å²) < 4.78 is 0. The highest BCUT2D eigenvalue weighted by Crippen LogP contribution is 2.27. The van der Waals surface area contributed by atoms with Gasteiger partial charge in [-0.2, -0.15) is 0 Å². The molecule has 164 valence electrons. The lowest BCUT2D eigenvalue weighted by molar-refractivity contribution is 0.0764. The fourth-order valence-corrected chi connectivity index (χ4v) is 3.95. The van der Waals surface area contributed by atoms with Crippen molar-refractivity contribution in [3.05, 3.63) is 88.7 Å². The maximum Gasteiger partial charge on any atom is 0.254 e. The molecule has 0 saturated carbocycles. The summed E-state index contributed by atoms with van der Waals surface area (Å²) >= 11 is 0. The van der Waals surface area contributed by atoms with Crippen molar-refractivity contribution in [1.82, 2.24) is 15.2 Å². The number of hydrogen-bond donors (Lipinski definition) is 2. The molecule has 0 unspecified atom stereocenters. The van der Waals surface area contributed by atoms with E-state index in [9.17, 15) is 14.7 Å². The highest BCUT2D eigenvalue weighted by molar-refractivity contribution is 6.03. The predicted octanol–water partition coefficient (Wildman–Crippen LogP) is 3.50. The van der Waals surface area contributed by atoms with Crippen LogP contribution in [0.3, 0.4) is 0 Å². The Morgan fingerprint density at radius 2 is 1.81 bits per heavy atom. The lowest BCUT2D eigenvalue weighted by atomic mass is 9.93. The maximum atomic E-state index is 13.3. The average molecular weight is 430 g/mol. The number of nitrogens with zero attached hydrogens (tertiary/aromatic N) is 2. The molecule has 0 bridgehead atoms. The normalized spacial score (nSPS) is 15.6. The number of nitrogens with one attached hydrogen (secondary N) is 1. The molecular formula is C26H27N3O3. The molecule has 0 aliphatic carbocycles. The van der Waals surface area contributed by atoms with Gasteiger partial charge in [0.1, 0.15) is 0 Å². The molecule has 1 aliphatic heterocycles. The molecule has 3 aromatic rings. The molecule has 2 heterocycles. The first-order chi connectivity index (χ1) is 15.4. The van der Waals surface area contributed by atoms with Crippen LogP contribution in [-0.4, -0.2) is 46.0 Å². The molecule has 1 aromatic heterocycles. The van der Waals surface area contributed by atoms with Crippen LogP contribution in [-0.2, 0) is 6.54 Å². The summed E-state index contributed by atoms with van der Waals surface area (Å²) in [5.74, 6) is -0.398. The Bertz CT molecular complexity index is 1130. The Kier molecular flexibility index (Phi) is 6.32. The highest BCUT2D eigenvalue weighted by atomic mass is 16.3. The van der Waals surface area contributed by atoms with Gasteiger partial charge in [0.15, 0.2) is 0 Å². The van der Waals surface area contributed by atoms with E-state index < -0.39 is 6.10 Å². The second kappa shape index (κ2) is 9.32. The van der Waals surface area contributed by atoms with Crippen LogP contribution in [0.15, 0.2) is 60.8 Å². The monoisotopic (exact) mass is 429 g/mol. The standard InChI is InChI=1S/C26H27N3O3/c1-17-8-9-19(14-27-17)15-28-25(31)23-12-21(20-6-4-3-5-7-20)13-24(18(23)2)26(32)29-11-10-22(30)16-29/h3-9,12-14,22,30H,10-11,15-16H2,1-2H3,(H,28,31)/t22-/m1/s1. The zero-order valence-electron chi connectivity index (χ0n) is 18.3. The summed E-state index contributed by atoms with van der Waals surface area (Å²) in [6, 6.07) is 17.2. The summed E-state index contributed by atoms with van der Waals surface area (Å²) in [6.07, 6.45) is 1.82. The van der Waals surface area contributed by atoms with E-state index >= 15 is 0 Å². The number of hydrogen-bond acceptors (Lipinski definition) is 4. The Morgan fingerprint density at radius 3 is 2.47 bits per heavy atom. The minimum atomic E-state index is -0.498. The minimum Gasteiger partial charge on any atom is -0.391 e. The predicted molar refractivity (Wildman–Crippen MR) is 123 cm³/mol. The molecule has 1 atom stereocenters. The molecule has 1 aliphatic rings. The van der Waals surface area contributed by atoms with Crippen LogP contribution in [0.1, 0.15) is 44.0 Å². The van der Waals surface area contributed by atoms with Crippen LogP contribution in [0.25, 0.3) is 11.1 Å².